The van der Waals surface area contributed by atoms with Crippen LogP contribution >= 0.6 is 0 Å². The lowest BCUT2D eigenvalue weighted by molar-refractivity contribution is -0.131. The minimum Gasteiger partial charge on any atom is -0.506 e. The van der Waals surface area contributed by atoms with Crippen molar-refractivity contribution in [2.45, 2.75) is 45.9 Å². The van der Waals surface area contributed by atoms with E-state index in [9.17, 15) is 5.11 Å². The third-order valence-corrected chi connectivity index (χ3v) is 3.10. The smallest absolute Gasteiger partial charge is 0.138 e. The topological polar surface area (TPSA) is 45.6 Å². The lowest BCUT2D eigenvalue weighted by Crippen LogP contribution is -2.51. The zero-order valence-electron chi connectivity index (χ0n) is 11.6. The summed E-state index contributed by atoms with van der Waals surface area (Å²) >= 11 is 0. The molecule has 4 heteroatoms. The SMILES string of the molecule is Cc1ccc(O)c(CN2CC(C)OC(C)(C)C2)n1. The van der Waals surface area contributed by atoms with E-state index in [2.05, 4.69) is 30.7 Å². The molecule has 0 saturated carbocycles. The Morgan fingerprint density at radius 2 is 2.22 bits per heavy atom. The highest BCUT2D eigenvalue weighted by Gasteiger charge is 2.31. The molecule has 18 heavy (non-hydrogen) atoms. The summed E-state index contributed by atoms with van der Waals surface area (Å²) in [5.74, 6) is 0.276. The largest absolute Gasteiger partial charge is 0.506 e. The van der Waals surface area contributed by atoms with E-state index in [4.69, 9.17) is 4.74 Å². The van der Waals surface area contributed by atoms with E-state index in [1.165, 1.54) is 0 Å². The Hall–Kier alpha value is -1.13. The van der Waals surface area contributed by atoms with Crippen molar-refractivity contribution in [2.75, 3.05) is 13.1 Å². The number of morpholine rings is 1. The van der Waals surface area contributed by atoms with Gasteiger partial charge in [0.05, 0.1) is 17.4 Å². The Morgan fingerprint density at radius 1 is 1.50 bits per heavy atom. The molecule has 1 unspecified atom stereocenters. The van der Waals surface area contributed by atoms with Crippen LogP contribution in [0.15, 0.2) is 12.1 Å². The first-order valence-electron chi connectivity index (χ1n) is 6.41. The maximum absolute atomic E-state index is 9.84. The fourth-order valence-electron chi connectivity index (χ4n) is 2.64. The number of aryl methyl sites for hydroxylation is 1. The fourth-order valence-corrected chi connectivity index (χ4v) is 2.64. The quantitative estimate of drug-likeness (QED) is 0.873. The summed E-state index contributed by atoms with van der Waals surface area (Å²) in [6.07, 6.45) is 0.209. The van der Waals surface area contributed by atoms with Crippen LogP contribution in [-0.2, 0) is 11.3 Å². The monoisotopic (exact) mass is 250 g/mol. The number of ether oxygens (including phenoxy) is 1. The molecular formula is C14H22N2O2. The summed E-state index contributed by atoms with van der Waals surface area (Å²) in [4.78, 5) is 6.69. The van der Waals surface area contributed by atoms with Crippen molar-refractivity contribution < 1.29 is 9.84 Å². The van der Waals surface area contributed by atoms with Gasteiger partial charge >= 0.3 is 0 Å². The Kier molecular flexibility index (Phi) is 3.59. The van der Waals surface area contributed by atoms with E-state index in [1.807, 2.05) is 13.0 Å². The van der Waals surface area contributed by atoms with Crippen molar-refractivity contribution in [3.8, 4) is 5.75 Å². The second-order valence-corrected chi connectivity index (χ2v) is 5.78. The van der Waals surface area contributed by atoms with E-state index >= 15 is 0 Å². The molecule has 0 spiro atoms. The molecule has 1 saturated heterocycles. The highest BCUT2D eigenvalue weighted by atomic mass is 16.5. The van der Waals surface area contributed by atoms with Crippen molar-refractivity contribution in [3.63, 3.8) is 0 Å². The van der Waals surface area contributed by atoms with Gasteiger partial charge in [-0.3, -0.25) is 9.88 Å². The van der Waals surface area contributed by atoms with Gasteiger partial charge in [0.2, 0.25) is 0 Å². The number of hydrogen-bond acceptors (Lipinski definition) is 4. The van der Waals surface area contributed by atoms with Crippen LogP contribution in [0.5, 0.6) is 5.75 Å². The highest BCUT2D eigenvalue weighted by molar-refractivity contribution is 5.27. The van der Waals surface area contributed by atoms with E-state index < -0.39 is 0 Å². The molecule has 0 radical (unpaired) electrons. The molecule has 1 aliphatic rings. The van der Waals surface area contributed by atoms with Crippen LogP contribution in [0.2, 0.25) is 0 Å². The Balaban J connectivity index is 2.11. The van der Waals surface area contributed by atoms with Crippen LogP contribution in [-0.4, -0.2) is 39.8 Å². The van der Waals surface area contributed by atoms with Gasteiger partial charge in [0.15, 0.2) is 0 Å². The van der Waals surface area contributed by atoms with Gasteiger partial charge in [0.1, 0.15) is 5.75 Å². The van der Waals surface area contributed by atoms with Gasteiger partial charge in [0, 0.05) is 25.3 Å². The molecule has 1 N–H and O–H groups in total. The predicted octanol–water partition coefficient (Wildman–Crippen LogP) is 2.09. The van der Waals surface area contributed by atoms with Crippen molar-refractivity contribution in [1.82, 2.24) is 9.88 Å². The van der Waals surface area contributed by atoms with Gasteiger partial charge in [0.25, 0.3) is 0 Å². The molecule has 1 fully saturated rings. The van der Waals surface area contributed by atoms with Gasteiger partial charge in [-0.2, -0.15) is 0 Å². The minimum absolute atomic E-state index is 0.142. The molecule has 1 atom stereocenters. The van der Waals surface area contributed by atoms with Crippen LogP contribution in [0.3, 0.4) is 0 Å². The van der Waals surface area contributed by atoms with E-state index in [0.29, 0.717) is 6.54 Å². The second-order valence-electron chi connectivity index (χ2n) is 5.78. The third kappa shape index (κ3) is 3.21. The predicted molar refractivity (Wildman–Crippen MR) is 70.5 cm³/mol. The average molecular weight is 250 g/mol. The number of aromatic hydroxyl groups is 1. The summed E-state index contributed by atoms with van der Waals surface area (Å²) in [7, 11) is 0. The molecule has 2 heterocycles. The van der Waals surface area contributed by atoms with Crippen molar-refractivity contribution in [2.24, 2.45) is 0 Å². The molecule has 1 aliphatic heterocycles. The molecule has 2 rings (SSSR count). The molecule has 0 aromatic carbocycles. The van der Waals surface area contributed by atoms with E-state index in [-0.39, 0.29) is 17.5 Å². The number of rotatable bonds is 2. The maximum Gasteiger partial charge on any atom is 0.138 e. The molecule has 0 aliphatic carbocycles. The van der Waals surface area contributed by atoms with E-state index in [1.54, 1.807) is 6.07 Å². The maximum atomic E-state index is 9.84. The van der Waals surface area contributed by atoms with Gasteiger partial charge in [-0.15, -0.1) is 0 Å². The summed E-state index contributed by atoms with van der Waals surface area (Å²) in [5, 5.41) is 9.84. The summed E-state index contributed by atoms with van der Waals surface area (Å²) in [6.45, 7) is 10.6. The standard InChI is InChI=1S/C14H22N2O2/c1-10-5-6-13(17)12(15-10)8-16-7-11(2)18-14(3,4)9-16/h5-6,11,17H,7-9H2,1-4H3. The van der Waals surface area contributed by atoms with Crippen molar-refractivity contribution in [1.29, 1.82) is 0 Å². The summed E-state index contributed by atoms with van der Waals surface area (Å²) < 4.78 is 5.87. The van der Waals surface area contributed by atoms with Gasteiger partial charge < -0.3 is 9.84 Å². The zero-order valence-corrected chi connectivity index (χ0v) is 11.6. The fraction of sp³-hybridized carbons (Fsp3) is 0.643. The first-order valence-corrected chi connectivity index (χ1v) is 6.41. The van der Waals surface area contributed by atoms with Crippen LogP contribution in [0.1, 0.15) is 32.2 Å². The van der Waals surface area contributed by atoms with Crippen molar-refractivity contribution in [3.05, 3.63) is 23.5 Å². The van der Waals surface area contributed by atoms with Gasteiger partial charge in [-0.25, -0.2) is 0 Å². The minimum atomic E-state index is -0.142. The number of nitrogens with zero attached hydrogens (tertiary/aromatic N) is 2. The normalized spacial score (nSPS) is 24.1. The molecule has 4 nitrogen and oxygen atoms in total. The first-order chi connectivity index (χ1) is 8.35. The van der Waals surface area contributed by atoms with Crippen molar-refractivity contribution >= 4 is 0 Å². The Bertz CT molecular complexity index is 432. The van der Waals surface area contributed by atoms with Gasteiger partial charge in [-0.1, -0.05) is 0 Å². The van der Waals surface area contributed by atoms with E-state index in [0.717, 1.165) is 24.5 Å². The summed E-state index contributed by atoms with van der Waals surface area (Å²) in [5.41, 5.74) is 1.54. The van der Waals surface area contributed by atoms with Crippen LogP contribution in [0, 0.1) is 6.92 Å². The molecule has 0 amide bonds. The molecule has 100 valence electrons. The third-order valence-electron chi connectivity index (χ3n) is 3.10. The lowest BCUT2D eigenvalue weighted by atomic mass is 10.1. The van der Waals surface area contributed by atoms with Crippen LogP contribution in [0.4, 0.5) is 0 Å². The molecule has 0 bridgehead atoms. The molecule has 1 aromatic rings. The summed E-state index contributed by atoms with van der Waals surface area (Å²) in [6, 6.07) is 3.54. The van der Waals surface area contributed by atoms with Gasteiger partial charge in [-0.05, 0) is 39.8 Å². The average Bonchev–Trinajstić information content (AvgIpc) is 2.20. The Labute approximate surface area is 109 Å². The molecule has 1 aromatic heterocycles. The Morgan fingerprint density at radius 3 is 2.89 bits per heavy atom. The number of pyridine rings is 1. The number of aromatic nitrogens is 1. The molecular weight excluding hydrogens is 228 g/mol. The second kappa shape index (κ2) is 4.86. The van der Waals surface area contributed by atoms with Crippen LogP contribution < -0.4 is 0 Å². The first kappa shape index (κ1) is 13.3. The number of hydrogen-bond donors (Lipinski definition) is 1. The van der Waals surface area contributed by atoms with Crippen LogP contribution in [0.25, 0.3) is 0 Å². The lowest BCUT2D eigenvalue weighted by Gasteiger charge is -2.41. The highest BCUT2D eigenvalue weighted by Crippen LogP contribution is 2.24. The zero-order chi connectivity index (χ0) is 13.3.